The second-order valence-corrected chi connectivity index (χ2v) is 9.61. The van der Waals surface area contributed by atoms with E-state index in [1.165, 1.54) is 24.3 Å². The largest absolute Gasteiger partial charge is 0.489 e. The fourth-order valence-corrected chi connectivity index (χ4v) is 4.36. The van der Waals surface area contributed by atoms with E-state index in [9.17, 15) is 19.2 Å². The minimum Gasteiger partial charge on any atom is -0.489 e. The van der Waals surface area contributed by atoms with Crippen LogP contribution >= 0.6 is 11.6 Å². The number of hydrogen-bond donors (Lipinski definition) is 2. The van der Waals surface area contributed by atoms with E-state index in [4.69, 9.17) is 26.2 Å². The number of rotatable bonds is 9. The van der Waals surface area contributed by atoms with Crippen LogP contribution in [-0.2, 0) is 22.8 Å². The van der Waals surface area contributed by atoms with Crippen LogP contribution in [0.15, 0.2) is 103 Å². The van der Waals surface area contributed by atoms with Crippen LogP contribution < -0.4 is 19.7 Å². The van der Waals surface area contributed by atoms with Crippen LogP contribution in [0.2, 0.25) is 5.02 Å². The number of halogens is 1. The molecule has 0 spiro atoms. The van der Waals surface area contributed by atoms with Crippen LogP contribution in [0.25, 0.3) is 6.08 Å². The van der Waals surface area contributed by atoms with Crippen molar-refractivity contribution in [1.29, 1.82) is 0 Å². The van der Waals surface area contributed by atoms with E-state index in [1.807, 2.05) is 30.3 Å². The Morgan fingerprint density at radius 3 is 2.17 bits per heavy atom. The number of barbiturate groups is 1. The first kappa shape index (κ1) is 28.1. The molecule has 1 saturated heterocycles. The number of urea groups is 1. The third kappa shape index (κ3) is 6.48. The smallest absolute Gasteiger partial charge is 0.335 e. The predicted molar refractivity (Wildman–Crippen MR) is 155 cm³/mol. The van der Waals surface area contributed by atoms with E-state index in [1.54, 1.807) is 48.5 Å². The van der Waals surface area contributed by atoms with Crippen LogP contribution in [0, 0.1) is 0 Å². The fourth-order valence-electron chi connectivity index (χ4n) is 4.12. The summed E-state index contributed by atoms with van der Waals surface area (Å²) in [5.74, 6) is -1.73. The standard InChI is InChI=1S/C32H23ClN2O7/c33-27-17-22(8-15-28(27)42-19-21-6-9-23(10-7-21)31(38)39)16-26-29(36)34-32(40)35(30(26)37)24-11-13-25(14-12-24)41-18-20-4-2-1-3-5-20/h1-17H,18-19H2,(H,38,39)(H,34,36,40)/b26-16+. The SMILES string of the molecule is O=C1NC(=O)N(c2ccc(OCc3ccccc3)cc2)C(=O)/C1=C/c1ccc(OCc2ccc(C(=O)O)cc2)c(Cl)c1. The highest BCUT2D eigenvalue weighted by atomic mass is 35.5. The van der Waals surface area contributed by atoms with Crippen molar-refractivity contribution in [2.75, 3.05) is 4.90 Å². The number of carboxylic acids is 1. The number of benzene rings is 4. The molecule has 2 N–H and O–H groups in total. The molecule has 210 valence electrons. The summed E-state index contributed by atoms with van der Waals surface area (Å²) in [7, 11) is 0. The molecular formula is C32H23ClN2O7. The zero-order chi connectivity index (χ0) is 29.6. The van der Waals surface area contributed by atoms with Crippen molar-refractivity contribution >= 4 is 47.2 Å². The van der Waals surface area contributed by atoms with Crippen LogP contribution in [0.3, 0.4) is 0 Å². The van der Waals surface area contributed by atoms with E-state index < -0.39 is 23.8 Å². The first-order valence-corrected chi connectivity index (χ1v) is 13.1. The van der Waals surface area contributed by atoms with Gasteiger partial charge in [0.25, 0.3) is 11.8 Å². The van der Waals surface area contributed by atoms with Gasteiger partial charge in [-0.1, -0.05) is 60.1 Å². The van der Waals surface area contributed by atoms with E-state index >= 15 is 0 Å². The lowest BCUT2D eigenvalue weighted by Gasteiger charge is -2.26. The number of carboxylic acid groups (broad SMARTS) is 1. The second-order valence-electron chi connectivity index (χ2n) is 9.21. The highest BCUT2D eigenvalue weighted by Gasteiger charge is 2.36. The van der Waals surface area contributed by atoms with Gasteiger partial charge in [0, 0.05) is 0 Å². The number of ether oxygens (including phenoxy) is 2. The Hall–Kier alpha value is -5.41. The minimum absolute atomic E-state index is 0.147. The van der Waals surface area contributed by atoms with E-state index in [0.717, 1.165) is 16.0 Å². The normalized spacial score (nSPS) is 14.1. The maximum Gasteiger partial charge on any atom is 0.335 e. The molecule has 4 amide bonds. The average molecular weight is 583 g/mol. The summed E-state index contributed by atoms with van der Waals surface area (Å²) in [4.78, 5) is 50.3. The molecule has 4 aromatic carbocycles. The van der Waals surface area contributed by atoms with Gasteiger partial charge in [0.2, 0.25) is 0 Å². The van der Waals surface area contributed by atoms with Crippen molar-refractivity contribution in [3.05, 3.63) is 130 Å². The maximum absolute atomic E-state index is 13.3. The Morgan fingerprint density at radius 1 is 0.833 bits per heavy atom. The molecule has 0 aromatic heterocycles. The monoisotopic (exact) mass is 582 g/mol. The molecule has 0 saturated carbocycles. The Labute approximate surface area is 245 Å². The third-order valence-corrected chi connectivity index (χ3v) is 6.60. The molecule has 1 fully saturated rings. The van der Waals surface area contributed by atoms with Gasteiger partial charge < -0.3 is 14.6 Å². The Balaban J connectivity index is 1.27. The molecule has 0 atom stereocenters. The van der Waals surface area contributed by atoms with Crippen LogP contribution in [0.5, 0.6) is 11.5 Å². The summed E-state index contributed by atoms with van der Waals surface area (Å²) >= 11 is 6.39. The van der Waals surface area contributed by atoms with Crippen LogP contribution in [0.1, 0.15) is 27.0 Å². The molecule has 0 bridgehead atoms. The molecule has 9 nitrogen and oxygen atoms in total. The number of amides is 4. The van der Waals surface area contributed by atoms with Crippen LogP contribution in [-0.4, -0.2) is 28.9 Å². The number of anilines is 1. The van der Waals surface area contributed by atoms with Gasteiger partial charge in [-0.05, 0) is 71.3 Å². The molecule has 1 heterocycles. The fraction of sp³-hybridized carbons (Fsp3) is 0.0625. The van der Waals surface area contributed by atoms with Crippen molar-refractivity contribution in [3.8, 4) is 11.5 Å². The number of carbonyl (C=O) groups excluding carboxylic acids is 3. The van der Waals surface area contributed by atoms with Crippen molar-refractivity contribution in [1.82, 2.24) is 5.32 Å². The van der Waals surface area contributed by atoms with E-state index in [2.05, 4.69) is 5.32 Å². The number of carbonyl (C=O) groups is 4. The Bertz CT molecular complexity index is 1680. The third-order valence-electron chi connectivity index (χ3n) is 6.31. The Kier molecular flexibility index (Phi) is 8.31. The summed E-state index contributed by atoms with van der Waals surface area (Å²) in [6.45, 7) is 0.505. The highest BCUT2D eigenvalue weighted by Crippen LogP contribution is 2.29. The van der Waals surface area contributed by atoms with E-state index in [-0.39, 0.29) is 28.5 Å². The number of aromatic carboxylic acids is 1. The zero-order valence-corrected chi connectivity index (χ0v) is 22.7. The zero-order valence-electron chi connectivity index (χ0n) is 22.0. The molecular weight excluding hydrogens is 560 g/mol. The Morgan fingerprint density at radius 2 is 1.50 bits per heavy atom. The highest BCUT2D eigenvalue weighted by molar-refractivity contribution is 6.39. The molecule has 4 aromatic rings. The predicted octanol–water partition coefficient (Wildman–Crippen LogP) is 5.86. The molecule has 1 aliphatic heterocycles. The van der Waals surface area contributed by atoms with Gasteiger partial charge in [0.1, 0.15) is 30.3 Å². The van der Waals surface area contributed by atoms with Crippen LogP contribution in [0.4, 0.5) is 10.5 Å². The average Bonchev–Trinajstić information content (AvgIpc) is 2.99. The van der Waals surface area contributed by atoms with Gasteiger partial charge in [-0.15, -0.1) is 0 Å². The lowest BCUT2D eigenvalue weighted by atomic mass is 10.1. The molecule has 10 heteroatoms. The van der Waals surface area contributed by atoms with Gasteiger partial charge in [0.05, 0.1) is 16.3 Å². The summed E-state index contributed by atoms with van der Waals surface area (Å²) in [6, 6.07) is 26.1. The van der Waals surface area contributed by atoms with Gasteiger partial charge in [-0.25, -0.2) is 14.5 Å². The molecule has 1 aliphatic rings. The molecule has 0 radical (unpaired) electrons. The van der Waals surface area contributed by atoms with Gasteiger partial charge >= 0.3 is 12.0 Å². The minimum atomic E-state index is -1.02. The molecule has 42 heavy (non-hydrogen) atoms. The van der Waals surface area contributed by atoms with Gasteiger partial charge in [-0.3, -0.25) is 14.9 Å². The number of imide groups is 2. The van der Waals surface area contributed by atoms with Crippen molar-refractivity contribution < 1.29 is 33.8 Å². The lowest BCUT2D eigenvalue weighted by molar-refractivity contribution is -0.122. The molecule has 5 rings (SSSR count). The first-order valence-electron chi connectivity index (χ1n) is 12.7. The topological polar surface area (TPSA) is 122 Å². The quantitative estimate of drug-likeness (QED) is 0.187. The summed E-state index contributed by atoms with van der Waals surface area (Å²) < 4.78 is 11.5. The number of hydrogen-bond acceptors (Lipinski definition) is 6. The molecule has 0 unspecified atom stereocenters. The molecule has 0 aliphatic carbocycles. The first-order chi connectivity index (χ1) is 20.3. The van der Waals surface area contributed by atoms with Gasteiger partial charge in [0.15, 0.2) is 0 Å². The number of nitrogens with zero attached hydrogens (tertiary/aromatic N) is 1. The van der Waals surface area contributed by atoms with E-state index in [0.29, 0.717) is 23.7 Å². The van der Waals surface area contributed by atoms with Gasteiger partial charge in [-0.2, -0.15) is 0 Å². The summed E-state index contributed by atoms with van der Waals surface area (Å²) in [6.07, 6.45) is 1.34. The van der Waals surface area contributed by atoms with Crippen molar-refractivity contribution in [3.63, 3.8) is 0 Å². The lowest BCUT2D eigenvalue weighted by Crippen LogP contribution is -2.54. The number of nitrogens with one attached hydrogen (secondary N) is 1. The summed E-state index contributed by atoms with van der Waals surface area (Å²) in [5.41, 5.74) is 2.36. The van der Waals surface area contributed by atoms with Crippen molar-refractivity contribution in [2.24, 2.45) is 0 Å². The maximum atomic E-state index is 13.3. The van der Waals surface area contributed by atoms with Crippen molar-refractivity contribution in [2.45, 2.75) is 13.2 Å². The summed E-state index contributed by atoms with van der Waals surface area (Å²) in [5, 5.41) is 11.4. The second kappa shape index (κ2) is 12.4.